The van der Waals surface area contributed by atoms with Crippen LogP contribution in [-0.4, -0.2) is 31.4 Å². The van der Waals surface area contributed by atoms with Gasteiger partial charge < -0.3 is 5.32 Å². The van der Waals surface area contributed by atoms with Gasteiger partial charge >= 0.3 is 0 Å². The lowest BCUT2D eigenvalue weighted by molar-refractivity contribution is -0.113. The number of pyridine rings is 1. The molecule has 4 aromatic rings. The largest absolute Gasteiger partial charge is 0.324 e. The molecule has 0 aliphatic rings. The molecule has 0 unspecified atom stereocenters. The van der Waals surface area contributed by atoms with E-state index in [4.69, 9.17) is 11.6 Å². The van der Waals surface area contributed by atoms with Gasteiger partial charge in [-0.2, -0.15) is 0 Å². The fourth-order valence-electron chi connectivity index (χ4n) is 3.06. The van der Waals surface area contributed by atoms with Crippen molar-refractivity contribution in [3.8, 4) is 17.1 Å². The average molecular weight is 529 g/mol. The van der Waals surface area contributed by atoms with Crippen LogP contribution in [-0.2, 0) is 4.79 Å². The number of nitrogens with zero attached hydrogens (tertiary/aromatic N) is 4. The van der Waals surface area contributed by atoms with Crippen LogP contribution in [0.3, 0.4) is 0 Å². The van der Waals surface area contributed by atoms with Crippen LogP contribution >= 0.6 is 39.3 Å². The summed E-state index contributed by atoms with van der Waals surface area (Å²) >= 11 is 10.9. The van der Waals surface area contributed by atoms with Crippen molar-refractivity contribution >= 4 is 50.9 Å². The summed E-state index contributed by atoms with van der Waals surface area (Å²) in [5.41, 5.74) is 4.75. The lowest BCUT2D eigenvalue weighted by Crippen LogP contribution is -2.15. The Labute approximate surface area is 203 Å². The van der Waals surface area contributed by atoms with Gasteiger partial charge in [-0.15, -0.1) is 10.2 Å². The van der Waals surface area contributed by atoms with Gasteiger partial charge in [0.25, 0.3) is 0 Å². The minimum absolute atomic E-state index is 0.158. The van der Waals surface area contributed by atoms with Gasteiger partial charge in [-0.3, -0.25) is 14.3 Å². The second kappa shape index (κ2) is 9.85. The Kier molecular flexibility index (Phi) is 6.93. The molecule has 0 aliphatic carbocycles. The van der Waals surface area contributed by atoms with Crippen molar-refractivity contribution in [2.24, 2.45) is 0 Å². The number of halogens is 2. The van der Waals surface area contributed by atoms with Crippen molar-refractivity contribution in [2.75, 3.05) is 11.1 Å². The molecule has 0 saturated carbocycles. The number of anilines is 1. The van der Waals surface area contributed by atoms with Gasteiger partial charge in [-0.05, 0) is 67.4 Å². The first-order chi connectivity index (χ1) is 15.4. The number of aryl methyl sites for hydroxylation is 2. The fraction of sp³-hybridized carbons (Fsp3) is 0.130. The van der Waals surface area contributed by atoms with E-state index in [1.54, 1.807) is 24.5 Å². The third kappa shape index (κ3) is 5.03. The van der Waals surface area contributed by atoms with Crippen LogP contribution in [0.25, 0.3) is 17.1 Å². The van der Waals surface area contributed by atoms with Crippen LogP contribution in [0.4, 0.5) is 5.69 Å². The Morgan fingerprint density at radius 3 is 2.56 bits per heavy atom. The number of thioether (sulfide) groups is 1. The Hall–Kier alpha value is -2.68. The summed E-state index contributed by atoms with van der Waals surface area (Å²) in [4.78, 5) is 16.7. The van der Waals surface area contributed by atoms with Crippen LogP contribution in [0.15, 0.2) is 70.6 Å². The van der Waals surface area contributed by atoms with Crippen LogP contribution < -0.4 is 5.32 Å². The van der Waals surface area contributed by atoms with Gasteiger partial charge in [0.2, 0.25) is 5.91 Å². The maximum Gasteiger partial charge on any atom is 0.234 e. The van der Waals surface area contributed by atoms with E-state index in [0.29, 0.717) is 21.7 Å². The number of rotatable bonds is 6. The zero-order chi connectivity index (χ0) is 22.7. The molecule has 0 aliphatic heterocycles. The molecule has 0 fully saturated rings. The molecule has 162 valence electrons. The first-order valence-electron chi connectivity index (χ1n) is 9.73. The number of carbonyl (C=O) groups excluding carboxylic acids is 1. The van der Waals surface area contributed by atoms with Crippen molar-refractivity contribution < 1.29 is 4.79 Å². The molecular weight excluding hydrogens is 510 g/mol. The van der Waals surface area contributed by atoms with E-state index in [1.165, 1.54) is 17.3 Å². The number of amides is 1. The zero-order valence-corrected chi connectivity index (χ0v) is 20.5. The summed E-state index contributed by atoms with van der Waals surface area (Å²) in [6.07, 6.45) is 3.44. The monoisotopic (exact) mass is 527 g/mol. The van der Waals surface area contributed by atoms with E-state index in [2.05, 4.69) is 62.4 Å². The average Bonchev–Trinajstić information content (AvgIpc) is 3.21. The maximum atomic E-state index is 12.6. The van der Waals surface area contributed by atoms with Crippen molar-refractivity contribution in [3.63, 3.8) is 0 Å². The van der Waals surface area contributed by atoms with Crippen LogP contribution in [0.2, 0.25) is 5.02 Å². The van der Waals surface area contributed by atoms with Gasteiger partial charge in [0.1, 0.15) is 0 Å². The molecule has 2 aromatic carbocycles. The summed E-state index contributed by atoms with van der Waals surface area (Å²) in [6, 6.07) is 15.3. The van der Waals surface area contributed by atoms with Gasteiger partial charge in [0, 0.05) is 22.4 Å². The molecule has 6 nitrogen and oxygen atoms in total. The number of benzene rings is 2. The lowest BCUT2D eigenvalue weighted by Gasteiger charge is -2.12. The third-order valence-corrected chi connectivity index (χ3v) is 6.59. The number of hydrogen-bond donors (Lipinski definition) is 1. The van der Waals surface area contributed by atoms with E-state index < -0.39 is 0 Å². The number of hydrogen-bond acceptors (Lipinski definition) is 5. The zero-order valence-electron chi connectivity index (χ0n) is 17.3. The summed E-state index contributed by atoms with van der Waals surface area (Å²) in [7, 11) is 0. The minimum Gasteiger partial charge on any atom is -0.324 e. The first kappa shape index (κ1) is 22.5. The summed E-state index contributed by atoms with van der Waals surface area (Å²) < 4.78 is 2.81. The first-order valence-corrected chi connectivity index (χ1v) is 11.9. The third-order valence-electron chi connectivity index (χ3n) is 4.86. The molecule has 2 aromatic heterocycles. The Morgan fingerprint density at radius 1 is 1.06 bits per heavy atom. The van der Waals surface area contributed by atoms with Crippen LogP contribution in [0.5, 0.6) is 0 Å². The molecule has 2 heterocycles. The van der Waals surface area contributed by atoms with E-state index in [0.717, 1.165) is 21.3 Å². The van der Waals surface area contributed by atoms with Crippen molar-refractivity contribution in [2.45, 2.75) is 19.0 Å². The second-order valence-corrected chi connectivity index (χ2v) is 9.37. The van der Waals surface area contributed by atoms with E-state index in [-0.39, 0.29) is 11.7 Å². The van der Waals surface area contributed by atoms with Gasteiger partial charge in [0.15, 0.2) is 11.0 Å². The summed E-state index contributed by atoms with van der Waals surface area (Å²) in [5.74, 6) is 0.667. The lowest BCUT2D eigenvalue weighted by atomic mass is 10.1. The molecule has 9 heteroatoms. The van der Waals surface area contributed by atoms with Crippen molar-refractivity contribution in [1.29, 1.82) is 0 Å². The SMILES string of the molecule is Cc1ccc(-n2c(SCC(=O)Nc3ccc(Br)cc3Cl)nnc2-c2ccncc2)cc1C. The maximum absolute atomic E-state index is 12.6. The smallest absolute Gasteiger partial charge is 0.234 e. The van der Waals surface area contributed by atoms with Crippen LogP contribution in [0.1, 0.15) is 11.1 Å². The van der Waals surface area contributed by atoms with Gasteiger partial charge in [0.05, 0.1) is 22.2 Å². The molecular formula is C23H19BrClN5OS. The molecule has 1 amide bonds. The van der Waals surface area contributed by atoms with E-state index >= 15 is 0 Å². The molecule has 4 rings (SSSR count). The van der Waals surface area contributed by atoms with Gasteiger partial charge in [-0.1, -0.05) is 45.4 Å². The van der Waals surface area contributed by atoms with Crippen molar-refractivity contribution in [3.05, 3.63) is 81.5 Å². The standard InChI is InChI=1S/C23H19BrClN5OS/c1-14-3-5-18(11-15(14)2)30-22(16-7-9-26-10-8-16)28-29-23(30)32-13-21(31)27-20-6-4-17(24)12-19(20)25/h3-12H,13H2,1-2H3,(H,27,31). The quantitative estimate of drug-likeness (QED) is 0.307. The Bertz CT molecular complexity index is 1280. The molecule has 0 bridgehead atoms. The molecule has 0 atom stereocenters. The summed E-state index contributed by atoms with van der Waals surface area (Å²) in [6.45, 7) is 4.14. The topological polar surface area (TPSA) is 72.7 Å². The van der Waals surface area contributed by atoms with Crippen molar-refractivity contribution in [1.82, 2.24) is 19.7 Å². The number of carbonyl (C=O) groups is 1. The minimum atomic E-state index is -0.181. The molecule has 0 spiro atoms. The highest BCUT2D eigenvalue weighted by Crippen LogP contribution is 2.30. The normalized spacial score (nSPS) is 10.9. The van der Waals surface area contributed by atoms with Crippen LogP contribution in [0, 0.1) is 13.8 Å². The van der Waals surface area contributed by atoms with Gasteiger partial charge in [-0.25, -0.2) is 0 Å². The van der Waals surface area contributed by atoms with E-state index in [9.17, 15) is 4.79 Å². The molecule has 1 N–H and O–H groups in total. The Morgan fingerprint density at radius 2 is 1.84 bits per heavy atom. The predicted molar refractivity (Wildman–Crippen MR) is 133 cm³/mol. The number of nitrogens with one attached hydrogen (secondary N) is 1. The summed E-state index contributed by atoms with van der Waals surface area (Å²) in [5, 5.41) is 12.7. The van der Waals surface area contributed by atoms with E-state index in [1.807, 2.05) is 28.8 Å². The highest BCUT2D eigenvalue weighted by Gasteiger charge is 2.18. The molecule has 0 saturated heterocycles. The predicted octanol–water partition coefficient (Wildman–Crippen LogP) is 6.09. The second-order valence-electron chi connectivity index (χ2n) is 7.11. The molecule has 0 radical (unpaired) electrons. The Balaban J connectivity index is 1.61. The highest BCUT2D eigenvalue weighted by molar-refractivity contribution is 9.10. The number of aromatic nitrogens is 4. The molecule has 32 heavy (non-hydrogen) atoms. The highest BCUT2D eigenvalue weighted by atomic mass is 79.9. The fourth-order valence-corrected chi connectivity index (χ4v) is 4.53.